The van der Waals surface area contributed by atoms with Gasteiger partial charge in [-0.1, -0.05) is 24.3 Å². The summed E-state index contributed by atoms with van der Waals surface area (Å²) >= 11 is 0. The molecule has 2 nitrogen and oxygen atoms in total. The van der Waals surface area contributed by atoms with Crippen molar-refractivity contribution in [1.82, 2.24) is 5.32 Å². The third kappa shape index (κ3) is 5.38. The van der Waals surface area contributed by atoms with Crippen LogP contribution in [0.4, 0.5) is 13.2 Å². The van der Waals surface area contributed by atoms with Crippen molar-refractivity contribution in [3.63, 3.8) is 0 Å². The van der Waals surface area contributed by atoms with Crippen LogP contribution in [-0.4, -0.2) is 18.6 Å². The minimum Gasteiger partial charge on any atom is -0.355 e. The number of rotatable bonds is 4. The second-order valence-electron chi connectivity index (χ2n) is 3.82. The Labute approximate surface area is 97.8 Å². The number of carbonyl (C=O) groups is 1. The fourth-order valence-corrected chi connectivity index (χ4v) is 1.47. The van der Waals surface area contributed by atoms with Crippen LogP contribution in [0.15, 0.2) is 24.3 Å². The lowest BCUT2D eigenvalue weighted by atomic mass is 10.1. The highest BCUT2D eigenvalue weighted by molar-refractivity contribution is 5.76. The first-order valence-electron chi connectivity index (χ1n) is 5.26. The van der Waals surface area contributed by atoms with E-state index in [0.717, 1.165) is 11.1 Å². The van der Waals surface area contributed by atoms with Crippen molar-refractivity contribution in [1.29, 1.82) is 0 Å². The molecular weight excluding hydrogens is 231 g/mol. The first kappa shape index (κ1) is 13.5. The predicted molar refractivity (Wildman–Crippen MR) is 58.6 cm³/mol. The number of carbonyl (C=O) groups excluding carboxylic acids is 1. The number of benzene rings is 1. The van der Waals surface area contributed by atoms with Crippen LogP contribution in [0.25, 0.3) is 0 Å². The molecule has 0 unspecified atom stereocenters. The van der Waals surface area contributed by atoms with Crippen molar-refractivity contribution in [3.05, 3.63) is 35.4 Å². The van der Waals surface area contributed by atoms with E-state index in [-0.39, 0.29) is 6.54 Å². The van der Waals surface area contributed by atoms with Crippen molar-refractivity contribution in [2.24, 2.45) is 0 Å². The average Bonchev–Trinajstić information content (AvgIpc) is 2.18. The highest BCUT2D eigenvalue weighted by atomic mass is 19.4. The maximum Gasteiger partial charge on any atom is 0.397 e. The Kier molecular flexibility index (Phi) is 4.54. The monoisotopic (exact) mass is 245 g/mol. The number of alkyl halides is 3. The van der Waals surface area contributed by atoms with Crippen molar-refractivity contribution in [3.8, 4) is 0 Å². The molecule has 1 rings (SSSR count). The van der Waals surface area contributed by atoms with Gasteiger partial charge in [-0.05, 0) is 24.5 Å². The second kappa shape index (κ2) is 5.70. The SMILES string of the molecule is Cc1ccccc1CCNC(=O)CC(F)(F)F. The smallest absolute Gasteiger partial charge is 0.355 e. The van der Waals surface area contributed by atoms with Gasteiger partial charge in [0.25, 0.3) is 0 Å². The van der Waals surface area contributed by atoms with Crippen LogP contribution in [0.3, 0.4) is 0 Å². The molecule has 0 saturated carbocycles. The zero-order valence-electron chi connectivity index (χ0n) is 9.47. The van der Waals surface area contributed by atoms with Gasteiger partial charge in [-0.2, -0.15) is 13.2 Å². The Hall–Kier alpha value is -1.52. The van der Waals surface area contributed by atoms with Crippen LogP contribution < -0.4 is 5.32 Å². The zero-order chi connectivity index (χ0) is 12.9. The molecule has 0 saturated heterocycles. The summed E-state index contributed by atoms with van der Waals surface area (Å²) in [4.78, 5) is 10.9. The normalized spacial score (nSPS) is 11.3. The Morgan fingerprint density at radius 1 is 1.29 bits per heavy atom. The molecular formula is C12H14F3NO. The van der Waals surface area contributed by atoms with E-state index < -0.39 is 18.5 Å². The fraction of sp³-hybridized carbons (Fsp3) is 0.417. The van der Waals surface area contributed by atoms with Gasteiger partial charge in [-0.25, -0.2) is 0 Å². The second-order valence-corrected chi connectivity index (χ2v) is 3.82. The lowest BCUT2D eigenvalue weighted by Gasteiger charge is -2.08. The maximum atomic E-state index is 11.9. The molecule has 0 atom stereocenters. The number of hydrogen-bond donors (Lipinski definition) is 1. The van der Waals surface area contributed by atoms with E-state index in [0.29, 0.717) is 6.42 Å². The molecule has 0 aliphatic rings. The Morgan fingerprint density at radius 2 is 1.94 bits per heavy atom. The van der Waals surface area contributed by atoms with Crippen molar-refractivity contribution >= 4 is 5.91 Å². The predicted octanol–water partition coefficient (Wildman–Crippen LogP) is 2.61. The number of halogens is 3. The van der Waals surface area contributed by atoms with E-state index in [4.69, 9.17) is 0 Å². The summed E-state index contributed by atoms with van der Waals surface area (Å²) in [5.74, 6) is -0.980. The van der Waals surface area contributed by atoms with Crippen LogP contribution in [0, 0.1) is 6.92 Å². The van der Waals surface area contributed by atoms with Crippen LogP contribution in [0.2, 0.25) is 0 Å². The molecule has 1 aromatic rings. The highest BCUT2D eigenvalue weighted by Gasteiger charge is 2.30. The zero-order valence-corrected chi connectivity index (χ0v) is 9.47. The molecule has 0 aliphatic carbocycles. The van der Waals surface area contributed by atoms with E-state index >= 15 is 0 Å². The van der Waals surface area contributed by atoms with E-state index in [9.17, 15) is 18.0 Å². The molecule has 1 N–H and O–H groups in total. The third-order valence-corrected chi connectivity index (χ3v) is 2.34. The van der Waals surface area contributed by atoms with Crippen LogP contribution in [0.5, 0.6) is 0 Å². The molecule has 0 bridgehead atoms. The van der Waals surface area contributed by atoms with E-state index in [2.05, 4.69) is 5.32 Å². The van der Waals surface area contributed by atoms with E-state index in [1.165, 1.54) is 0 Å². The first-order chi connectivity index (χ1) is 7.88. The summed E-state index contributed by atoms with van der Waals surface area (Å²) in [7, 11) is 0. The summed E-state index contributed by atoms with van der Waals surface area (Å²) in [5.41, 5.74) is 2.09. The molecule has 1 aromatic carbocycles. The van der Waals surface area contributed by atoms with Gasteiger partial charge in [-0.3, -0.25) is 4.79 Å². The molecule has 0 aliphatic heterocycles. The van der Waals surface area contributed by atoms with Gasteiger partial charge < -0.3 is 5.32 Å². The van der Waals surface area contributed by atoms with Crippen molar-refractivity contribution in [2.45, 2.75) is 25.9 Å². The lowest BCUT2D eigenvalue weighted by Crippen LogP contribution is -2.30. The molecule has 0 radical (unpaired) electrons. The summed E-state index contributed by atoms with van der Waals surface area (Å²) in [6.45, 7) is 2.15. The quantitative estimate of drug-likeness (QED) is 0.868. The number of nitrogens with one attached hydrogen (secondary N) is 1. The summed E-state index contributed by atoms with van der Waals surface area (Å²) in [5, 5.41) is 2.26. The maximum absolute atomic E-state index is 11.9. The van der Waals surface area contributed by atoms with Crippen LogP contribution in [0.1, 0.15) is 17.5 Å². The molecule has 94 valence electrons. The van der Waals surface area contributed by atoms with E-state index in [1.807, 2.05) is 31.2 Å². The van der Waals surface area contributed by atoms with Gasteiger partial charge >= 0.3 is 6.18 Å². The van der Waals surface area contributed by atoms with E-state index in [1.54, 1.807) is 0 Å². The van der Waals surface area contributed by atoms with Gasteiger partial charge in [0.05, 0.1) is 0 Å². The number of amides is 1. The minimum absolute atomic E-state index is 0.222. The number of hydrogen-bond acceptors (Lipinski definition) is 1. The molecule has 0 heterocycles. The minimum atomic E-state index is -4.44. The molecule has 5 heteroatoms. The summed E-state index contributed by atoms with van der Waals surface area (Å²) < 4.78 is 35.6. The summed E-state index contributed by atoms with van der Waals surface area (Å²) in [6, 6.07) is 7.57. The highest BCUT2D eigenvalue weighted by Crippen LogP contribution is 2.18. The Balaban J connectivity index is 2.34. The van der Waals surface area contributed by atoms with Gasteiger partial charge in [0, 0.05) is 6.54 Å². The lowest BCUT2D eigenvalue weighted by molar-refractivity contribution is -0.153. The third-order valence-electron chi connectivity index (χ3n) is 2.34. The molecule has 0 aromatic heterocycles. The van der Waals surface area contributed by atoms with Gasteiger partial charge in [0.15, 0.2) is 0 Å². The van der Waals surface area contributed by atoms with Crippen LogP contribution >= 0.6 is 0 Å². The largest absolute Gasteiger partial charge is 0.397 e. The number of aryl methyl sites for hydroxylation is 1. The molecule has 1 amide bonds. The van der Waals surface area contributed by atoms with Crippen molar-refractivity contribution < 1.29 is 18.0 Å². The molecule has 17 heavy (non-hydrogen) atoms. The van der Waals surface area contributed by atoms with Gasteiger partial charge in [-0.15, -0.1) is 0 Å². The Morgan fingerprint density at radius 3 is 2.53 bits per heavy atom. The Bertz CT molecular complexity index is 388. The average molecular weight is 245 g/mol. The van der Waals surface area contributed by atoms with Crippen LogP contribution in [-0.2, 0) is 11.2 Å². The summed E-state index contributed by atoms with van der Waals surface area (Å²) in [6.07, 6.45) is -5.32. The van der Waals surface area contributed by atoms with Gasteiger partial charge in [0.2, 0.25) is 5.91 Å². The fourth-order valence-electron chi connectivity index (χ4n) is 1.47. The molecule has 0 spiro atoms. The first-order valence-corrected chi connectivity index (χ1v) is 5.26. The van der Waals surface area contributed by atoms with Gasteiger partial charge in [0.1, 0.15) is 6.42 Å². The topological polar surface area (TPSA) is 29.1 Å². The van der Waals surface area contributed by atoms with Crippen molar-refractivity contribution in [2.75, 3.05) is 6.54 Å². The standard InChI is InChI=1S/C12H14F3NO/c1-9-4-2-3-5-10(9)6-7-16-11(17)8-12(13,14)15/h2-5H,6-8H2,1H3,(H,16,17). The molecule has 0 fully saturated rings.